The highest BCUT2D eigenvalue weighted by molar-refractivity contribution is 6.34. The second-order valence-corrected chi connectivity index (χ2v) is 6.55. The van der Waals surface area contributed by atoms with Gasteiger partial charge in [-0.2, -0.15) is 5.10 Å². The molecular formula is C22H18ClN3O4. The maximum absolute atomic E-state index is 12.4. The summed E-state index contributed by atoms with van der Waals surface area (Å²) in [6.45, 7) is 0. The third-order valence-electron chi connectivity index (χ3n) is 4.08. The number of anilines is 1. The van der Waals surface area contributed by atoms with Gasteiger partial charge in [0.2, 0.25) is 0 Å². The number of phenols is 1. The number of hydrogen-bond donors (Lipinski definition) is 3. The summed E-state index contributed by atoms with van der Waals surface area (Å²) in [7, 11) is 1.44. The highest BCUT2D eigenvalue weighted by atomic mass is 35.5. The molecule has 3 rings (SSSR count). The maximum atomic E-state index is 12.4. The average molecular weight is 424 g/mol. The van der Waals surface area contributed by atoms with Gasteiger partial charge in [0.05, 0.1) is 23.9 Å². The van der Waals surface area contributed by atoms with E-state index in [1.54, 1.807) is 54.6 Å². The summed E-state index contributed by atoms with van der Waals surface area (Å²) in [6, 6.07) is 17.8. The first-order valence-corrected chi connectivity index (χ1v) is 9.22. The van der Waals surface area contributed by atoms with Gasteiger partial charge in [0, 0.05) is 11.3 Å². The minimum atomic E-state index is -0.453. The van der Waals surface area contributed by atoms with E-state index in [9.17, 15) is 14.7 Å². The lowest BCUT2D eigenvalue weighted by molar-refractivity contribution is 0.0953. The zero-order valence-electron chi connectivity index (χ0n) is 15.9. The molecule has 0 saturated carbocycles. The minimum Gasteiger partial charge on any atom is -0.504 e. The Balaban J connectivity index is 1.66. The summed E-state index contributed by atoms with van der Waals surface area (Å²) < 4.78 is 5.02. The summed E-state index contributed by atoms with van der Waals surface area (Å²) in [5, 5.41) is 16.6. The Morgan fingerprint density at radius 3 is 2.60 bits per heavy atom. The Bertz CT molecular complexity index is 1120. The van der Waals surface area contributed by atoms with Gasteiger partial charge in [-0.15, -0.1) is 0 Å². The van der Waals surface area contributed by atoms with Gasteiger partial charge in [-0.05, 0) is 54.1 Å². The molecule has 152 valence electrons. The first-order chi connectivity index (χ1) is 14.5. The lowest BCUT2D eigenvalue weighted by Crippen LogP contribution is -2.18. The molecule has 8 heteroatoms. The van der Waals surface area contributed by atoms with Crippen molar-refractivity contribution in [2.45, 2.75) is 0 Å². The predicted molar refractivity (Wildman–Crippen MR) is 116 cm³/mol. The van der Waals surface area contributed by atoms with Crippen molar-refractivity contribution in [2.75, 3.05) is 12.4 Å². The number of hydrogen-bond acceptors (Lipinski definition) is 5. The Hall–Kier alpha value is -3.84. The molecule has 3 N–H and O–H groups in total. The second kappa shape index (κ2) is 9.58. The summed E-state index contributed by atoms with van der Waals surface area (Å²) in [4.78, 5) is 24.7. The van der Waals surface area contributed by atoms with Crippen LogP contribution in [-0.4, -0.2) is 30.2 Å². The van der Waals surface area contributed by atoms with Crippen molar-refractivity contribution in [1.29, 1.82) is 0 Å². The fraction of sp³-hybridized carbons (Fsp3) is 0.0455. The van der Waals surface area contributed by atoms with Crippen LogP contribution in [0, 0.1) is 0 Å². The molecule has 0 aliphatic heterocycles. The Kier molecular flexibility index (Phi) is 6.67. The van der Waals surface area contributed by atoms with E-state index in [0.29, 0.717) is 33.1 Å². The third-order valence-corrected chi connectivity index (χ3v) is 4.41. The molecule has 7 nitrogen and oxygen atoms in total. The second-order valence-electron chi connectivity index (χ2n) is 6.15. The highest BCUT2D eigenvalue weighted by Gasteiger charge is 2.11. The van der Waals surface area contributed by atoms with E-state index in [1.165, 1.54) is 25.5 Å². The number of nitrogens with zero attached hydrogens (tertiary/aromatic N) is 1. The molecular weight excluding hydrogens is 406 g/mol. The van der Waals surface area contributed by atoms with Crippen LogP contribution in [0.15, 0.2) is 71.8 Å². The van der Waals surface area contributed by atoms with Crippen LogP contribution in [0.5, 0.6) is 11.5 Å². The van der Waals surface area contributed by atoms with E-state index in [0.717, 1.165) is 0 Å². The number of benzene rings is 3. The van der Waals surface area contributed by atoms with Gasteiger partial charge in [-0.1, -0.05) is 29.8 Å². The number of methoxy groups -OCH3 is 1. The third kappa shape index (κ3) is 5.15. The average Bonchev–Trinajstić information content (AvgIpc) is 2.75. The van der Waals surface area contributed by atoms with Crippen LogP contribution in [0.4, 0.5) is 5.69 Å². The first kappa shape index (κ1) is 20.9. The fourth-order valence-electron chi connectivity index (χ4n) is 2.59. The van der Waals surface area contributed by atoms with Crippen LogP contribution in [0.2, 0.25) is 5.02 Å². The number of nitrogens with one attached hydrogen (secondary N) is 2. The molecule has 0 spiro atoms. The number of ether oxygens (including phenoxy) is 1. The molecule has 0 heterocycles. The molecule has 30 heavy (non-hydrogen) atoms. The molecule has 3 aromatic rings. The van der Waals surface area contributed by atoms with Gasteiger partial charge in [0.25, 0.3) is 11.8 Å². The molecule has 0 bridgehead atoms. The van der Waals surface area contributed by atoms with Gasteiger partial charge in [0.15, 0.2) is 11.5 Å². The van der Waals surface area contributed by atoms with Crippen LogP contribution in [-0.2, 0) is 0 Å². The van der Waals surface area contributed by atoms with Crippen molar-refractivity contribution in [3.8, 4) is 11.5 Å². The number of phenolic OH excluding ortho intramolecular Hbond substituents is 1. The van der Waals surface area contributed by atoms with Crippen molar-refractivity contribution < 1.29 is 19.4 Å². The Morgan fingerprint density at radius 2 is 1.83 bits per heavy atom. The zero-order valence-corrected chi connectivity index (χ0v) is 16.7. The topological polar surface area (TPSA) is 100 Å². The first-order valence-electron chi connectivity index (χ1n) is 8.84. The van der Waals surface area contributed by atoms with Crippen LogP contribution >= 0.6 is 11.6 Å². The lowest BCUT2D eigenvalue weighted by Gasteiger charge is -2.08. The zero-order chi connectivity index (χ0) is 21.5. The monoisotopic (exact) mass is 423 g/mol. The van der Waals surface area contributed by atoms with Crippen LogP contribution in [0.25, 0.3) is 0 Å². The number of hydrazone groups is 1. The highest BCUT2D eigenvalue weighted by Crippen LogP contribution is 2.25. The summed E-state index contributed by atoms with van der Waals surface area (Å²) >= 11 is 6.04. The minimum absolute atomic E-state index is 0.00865. The van der Waals surface area contributed by atoms with Gasteiger partial charge >= 0.3 is 0 Å². The Morgan fingerprint density at radius 1 is 1.03 bits per heavy atom. The van der Waals surface area contributed by atoms with Crippen LogP contribution < -0.4 is 15.5 Å². The Labute approximate surface area is 178 Å². The summed E-state index contributed by atoms with van der Waals surface area (Å²) in [5.41, 5.74) is 4.14. The fourth-order valence-corrected chi connectivity index (χ4v) is 2.81. The molecule has 0 unspecified atom stereocenters. The molecule has 0 saturated heterocycles. The maximum Gasteiger partial charge on any atom is 0.271 e. The normalized spacial score (nSPS) is 10.6. The van der Waals surface area contributed by atoms with E-state index < -0.39 is 5.91 Å². The summed E-state index contributed by atoms with van der Waals surface area (Å²) in [6.07, 6.45) is 1.42. The van der Waals surface area contributed by atoms with Crippen molar-refractivity contribution in [1.82, 2.24) is 5.43 Å². The van der Waals surface area contributed by atoms with E-state index in [2.05, 4.69) is 15.8 Å². The van der Waals surface area contributed by atoms with Crippen LogP contribution in [0.3, 0.4) is 0 Å². The molecule has 3 aromatic carbocycles. The van der Waals surface area contributed by atoms with Gasteiger partial charge in [0.1, 0.15) is 0 Å². The smallest absolute Gasteiger partial charge is 0.271 e. The van der Waals surface area contributed by atoms with Crippen molar-refractivity contribution in [3.05, 3.63) is 88.4 Å². The molecule has 0 radical (unpaired) electrons. The standard InChI is InChI=1S/C22H18ClN3O4/c1-30-20-11-14(9-10-19(20)27)13-24-26-21(28)15-5-4-6-16(12-15)25-22(29)17-7-2-3-8-18(17)23/h2-13,27H,1H3,(H,25,29)(H,26,28)/b24-13+. The number of carbonyl (C=O) groups excluding carboxylic acids is 2. The van der Waals surface area contributed by atoms with E-state index in [-0.39, 0.29) is 11.7 Å². The van der Waals surface area contributed by atoms with Gasteiger partial charge in [-0.25, -0.2) is 5.43 Å². The van der Waals surface area contributed by atoms with E-state index >= 15 is 0 Å². The number of halogens is 1. The number of aromatic hydroxyl groups is 1. The molecule has 0 aliphatic carbocycles. The summed E-state index contributed by atoms with van der Waals surface area (Å²) in [5.74, 6) is -0.523. The molecule has 0 fully saturated rings. The molecule has 0 aromatic heterocycles. The van der Waals surface area contributed by atoms with E-state index in [1.807, 2.05) is 0 Å². The predicted octanol–water partition coefficient (Wildman–Crippen LogP) is 4.07. The van der Waals surface area contributed by atoms with Gasteiger partial charge < -0.3 is 15.2 Å². The number of carbonyl (C=O) groups is 2. The van der Waals surface area contributed by atoms with Crippen molar-refractivity contribution >= 4 is 35.3 Å². The number of rotatable bonds is 6. The quantitative estimate of drug-likeness (QED) is 0.411. The van der Waals surface area contributed by atoms with Crippen LogP contribution in [0.1, 0.15) is 26.3 Å². The van der Waals surface area contributed by atoms with Gasteiger partial charge in [-0.3, -0.25) is 9.59 Å². The van der Waals surface area contributed by atoms with Crippen molar-refractivity contribution in [2.24, 2.45) is 5.10 Å². The van der Waals surface area contributed by atoms with E-state index in [4.69, 9.17) is 16.3 Å². The largest absolute Gasteiger partial charge is 0.504 e. The molecule has 0 aliphatic rings. The molecule has 0 atom stereocenters. The lowest BCUT2D eigenvalue weighted by atomic mass is 10.1. The molecule has 2 amide bonds. The number of amides is 2. The van der Waals surface area contributed by atoms with Crippen molar-refractivity contribution in [3.63, 3.8) is 0 Å². The SMILES string of the molecule is COc1cc(/C=N/NC(=O)c2cccc(NC(=O)c3ccccc3Cl)c2)ccc1O.